The van der Waals surface area contributed by atoms with E-state index in [2.05, 4.69) is 28.1 Å². The lowest BCUT2D eigenvalue weighted by Crippen LogP contribution is -2.36. The van der Waals surface area contributed by atoms with E-state index in [0.717, 1.165) is 34.4 Å². The summed E-state index contributed by atoms with van der Waals surface area (Å²) in [5, 5.41) is 0. The van der Waals surface area contributed by atoms with E-state index < -0.39 is 0 Å². The number of fused-ring (bicyclic) bond motifs is 1. The summed E-state index contributed by atoms with van der Waals surface area (Å²) >= 11 is 5.02. The molecule has 21 heavy (non-hydrogen) atoms. The molecule has 0 radical (unpaired) electrons. The number of thioether (sulfide) groups is 1. The Kier molecular flexibility index (Phi) is 4.66. The van der Waals surface area contributed by atoms with Gasteiger partial charge in [0.2, 0.25) is 5.91 Å². The molecule has 1 amide bonds. The quantitative estimate of drug-likeness (QED) is 0.749. The molecular formula is C17H16BrNOS. The summed E-state index contributed by atoms with van der Waals surface area (Å²) in [5.74, 6) is 0.672. The number of hydrogen-bond acceptors (Lipinski definition) is 2. The summed E-state index contributed by atoms with van der Waals surface area (Å²) in [7, 11) is 0. The lowest BCUT2D eigenvalue weighted by molar-refractivity contribution is -0.116. The molecule has 1 heterocycles. The van der Waals surface area contributed by atoms with Gasteiger partial charge in [0.25, 0.3) is 0 Å². The molecule has 0 saturated carbocycles. The van der Waals surface area contributed by atoms with Gasteiger partial charge in [-0.05, 0) is 48.7 Å². The zero-order chi connectivity index (χ0) is 14.7. The summed E-state index contributed by atoms with van der Waals surface area (Å²) in [6.45, 7) is 0.830. The van der Waals surface area contributed by atoms with Crippen LogP contribution in [0.15, 0.2) is 57.9 Å². The van der Waals surface area contributed by atoms with Crippen LogP contribution in [-0.4, -0.2) is 18.2 Å². The standard InChI is InChI=1S/C17H16BrNOS/c18-14-7-9-15(10-8-14)21-12-17(20)19-11-3-5-13-4-1-2-6-16(13)19/h1-2,4,6-10H,3,5,11-12H2. The first-order valence-corrected chi connectivity index (χ1v) is 8.78. The highest BCUT2D eigenvalue weighted by Gasteiger charge is 2.21. The second-order valence-electron chi connectivity index (χ2n) is 5.02. The van der Waals surface area contributed by atoms with Crippen LogP contribution in [0.4, 0.5) is 5.69 Å². The predicted octanol–water partition coefficient (Wildman–Crippen LogP) is 4.52. The third kappa shape index (κ3) is 3.50. The number of carbonyl (C=O) groups is 1. The minimum atomic E-state index is 0.190. The van der Waals surface area contributed by atoms with Crippen molar-refractivity contribution in [2.75, 3.05) is 17.2 Å². The van der Waals surface area contributed by atoms with Crippen molar-refractivity contribution < 1.29 is 4.79 Å². The van der Waals surface area contributed by atoms with Crippen LogP contribution in [0, 0.1) is 0 Å². The maximum atomic E-state index is 12.5. The van der Waals surface area contributed by atoms with Gasteiger partial charge < -0.3 is 4.90 Å². The topological polar surface area (TPSA) is 20.3 Å². The molecule has 0 fully saturated rings. The maximum absolute atomic E-state index is 12.5. The molecule has 0 N–H and O–H groups in total. The maximum Gasteiger partial charge on any atom is 0.237 e. The van der Waals surface area contributed by atoms with Gasteiger partial charge in [-0.2, -0.15) is 0 Å². The molecule has 0 aromatic heterocycles. The zero-order valence-corrected chi connectivity index (χ0v) is 14.0. The van der Waals surface area contributed by atoms with E-state index in [0.29, 0.717) is 5.75 Å². The molecule has 2 aromatic carbocycles. The van der Waals surface area contributed by atoms with Crippen LogP contribution in [0.3, 0.4) is 0 Å². The number of hydrogen-bond donors (Lipinski definition) is 0. The van der Waals surface area contributed by atoms with E-state index in [4.69, 9.17) is 0 Å². The van der Waals surface area contributed by atoms with Gasteiger partial charge >= 0.3 is 0 Å². The summed E-state index contributed by atoms with van der Waals surface area (Å²) in [4.78, 5) is 15.6. The summed E-state index contributed by atoms with van der Waals surface area (Å²) < 4.78 is 1.06. The SMILES string of the molecule is O=C(CSc1ccc(Br)cc1)N1CCCc2ccccc21. The van der Waals surface area contributed by atoms with Crippen molar-refractivity contribution in [3.8, 4) is 0 Å². The molecule has 0 spiro atoms. The van der Waals surface area contributed by atoms with Crippen molar-refractivity contribution in [2.45, 2.75) is 17.7 Å². The van der Waals surface area contributed by atoms with Crippen LogP contribution in [0.25, 0.3) is 0 Å². The predicted molar refractivity (Wildman–Crippen MR) is 92.0 cm³/mol. The Balaban J connectivity index is 1.68. The molecule has 1 aliphatic heterocycles. The molecule has 2 aromatic rings. The molecular weight excluding hydrogens is 346 g/mol. The van der Waals surface area contributed by atoms with Crippen LogP contribution in [0.1, 0.15) is 12.0 Å². The van der Waals surface area contributed by atoms with E-state index in [-0.39, 0.29) is 5.91 Å². The van der Waals surface area contributed by atoms with Gasteiger partial charge in [0.05, 0.1) is 5.75 Å². The molecule has 0 atom stereocenters. The zero-order valence-electron chi connectivity index (χ0n) is 11.6. The lowest BCUT2D eigenvalue weighted by atomic mass is 10.0. The highest BCUT2D eigenvalue weighted by atomic mass is 79.9. The first-order chi connectivity index (χ1) is 10.2. The number of carbonyl (C=O) groups excluding carboxylic acids is 1. The Morgan fingerprint density at radius 3 is 2.71 bits per heavy atom. The summed E-state index contributed by atoms with van der Waals surface area (Å²) in [5.41, 5.74) is 2.37. The second-order valence-corrected chi connectivity index (χ2v) is 6.98. The van der Waals surface area contributed by atoms with Gasteiger partial charge in [0.15, 0.2) is 0 Å². The Morgan fingerprint density at radius 2 is 1.90 bits per heavy atom. The third-order valence-electron chi connectivity index (χ3n) is 3.59. The van der Waals surface area contributed by atoms with E-state index in [1.54, 1.807) is 11.8 Å². The fraction of sp³-hybridized carbons (Fsp3) is 0.235. The van der Waals surface area contributed by atoms with Crippen LogP contribution >= 0.6 is 27.7 Å². The van der Waals surface area contributed by atoms with Crippen molar-refractivity contribution in [1.29, 1.82) is 0 Å². The third-order valence-corrected chi connectivity index (χ3v) is 5.11. The molecule has 108 valence electrons. The molecule has 0 unspecified atom stereocenters. The average molecular weight is 362 g/mol. The molecule has 2 nitrogen and oxygen atoms in total. The highest BCUT2D eigenvalue weighted by Crippen LogP contribution is 2.28. The Labute approximate surface area is 137 Å². The second kappa shape index (κ2) is 6.67. The smallest absolute Gasteiger partial charge is 0.237 e. The normalized spacial score (nSPS) is 13.9. The van der Waals surface area contributed by atoms with Crippen LogP contribution in [-0.2, 0) is 11.2 Å². The number of aryl methyl sites for hydroxylation is 1. The Hall–Kier alpha value is -1.26. The van der Waals surface area contributed by atoms with Crippen molar-refractivity contribution in [1.82, 2.24) is 0 Å². The van der Waals surface area contributed by atoms with Crippen molar-refractivity contribution >= 4 is 39.3 Å². The number of nitrogens with zero attached hydrogens (tertiary/aromatic N) is 1. The summed E-state index contributed by atoms with van der Waals surface area (Å²) in [6, 6.07) is 16.3. The Morgan fingerprint density at radius 1 is 1.14 bits per heavy atom. The fourth-order valence-corrected chi connectivity index (χ4v) is 3.59. The van der Waals surface area contributed by atoms with Gasteiger partial charge in [0, 0.05) is 21.6 Å². The fourth-order valence-electron chi connectivity index (χ4n) is 2.55. The number of para-hydroxylation sites is 1. The van der Waals surface area contributed by atoms with Crippen molar-refractivity contribution in [2.24, 2.45) is 0 Å². The van der Waals surface area contributed by atoms with E-state index in [9.17, 15) is 4.79 Å². The monoisotopic (exact) mass is 361 g/mol. The van der Waals surface area contributed by atoms with Gasteiger partial charge in [-0.3, -0.25) is 4.79 Å². The first-order valence-electron chi connectivity index (χ1n) is 7.01. The number of halogens is 1. The van der Waals surface area contributed by atoms with Crippen molar-refractivity contribution in [3.63, 3.8) is 0 Å². The number of rotatable bonds is 3. The van der Waals surface area contributed by atoms with Gasteiger partial charge in [-0.15, -0.1) is 11.8 Å². The first kappa shape index (κ1) is 14.7. The summed E-state index contributed by atoms with van der Waals surface area (Å²) in [6.07, 6.45) is 2.12. The van der Waals surface area contributed by atoms with E-state index in [1.807, 2.05) is 41.3 Å². The Bertz CT molecular complexity index is 641. The largest absolute Gasteiger partial charge is 0.311 e. The van der Waals surface area contributed by atoms with Crippen molar-refractivity contribution in [3.05, 3.63) is 58.6 Å². The molecule has 3 rings (SSSR count). The van der Waals surface area contributed by atoms with Gasteiger partial charge in [0.1, 0.15) is 0 Å². The van der Waals surface area contributed by atoms with Gasteiger partial charge in [-0.1, -0.05) is 34.1 Å². The van der Waals surface area contributed by atoms with Crippen LogP contribution < -0.4 is 4.90 Å². The van der Waals surface area contributed by atoms with Crippen LogP contribution in [0.5, 0.6) is 0 Å². The number of anilines is 1. The minimum Gasteiger partial charge on any atom is -0.311 e. The van der Waals surface area contributed by atoms with E-state index >= 15 is 0 Å². The van der Waals surface area contributed by atoms with Crippen LogP contribution in [0.2, 0.25) is 0 Å². The van der Waals surface area contributed by atoms with Gasteiger partial charge in [-0.25, -0.2) is 0 Å². The van der Waals surface area contributed by atoms with E-state index in [1.165, 1.54) is 5.56 Å². The minimum absolute atomic E-state index is 0.190. The molecule has 0 saturated heterocycles. The molecule has 0 bridgehead atoms. The molecule has 0 aliphatic carbocycles. The highest BCUT2D eigenvalue weighted by molar-refractivity contribution is 9.10. The number of benzene rings is 2. The lowest BCUT2D eigenvalue weighted by Gasteiger charge is -2.29. The average Bonchev–Trinajstić information content (AvgIpc) is 2.53. The molecule has 4 heteroatoms. The molecule has 1 aliphatic rings. The number of amides is 1.